The van der Waals surface area contributed by atoms with Crippen LogP contribution < -0.4 is 5.32 Å². The lowest BCUT2D eigenvalue weighted by atomic mass is 9.98. The van der Waals surface area contributed by atoms with Crippen LogP contribution in [-0.2, 0) is 16.0 Å². The summed E-state index contributed by atoms with van der Waals surface area (Å²) < 4.78 is 26.8. The molecule has 1 unspecified atom stereocenters. The van der Waals surface area contributed by atoms with E-state index in [9.17, 15) is 18.4 Å². The van der Waals surface area contributed by atoms with E-state index in [2.05, 4.69) is 5.32 Å². The number of halogens is 2. The van der Waals surface area contributed by atoms with Gasteiger partial charge in [0, 0.05) is 6.42 Å². The summed E-state index contributed by atoms with van der Waals surface area (Å²) in [7, 11) is 0. The molecule has 0 radical (unpaired) electrons. The molecule has 2 aromatic carbocycles. The summed E-state index contributed by atoms with van der Waals surface area (Å²) in [6.07, 6.45) is -0.295. The molecule has 2 N–H and O–H groups in total. The standard InChI is InChI=1S/C19H19F2NO3/c1-12-5-2-3-7-14(12)16(11-18(24)25)22-17(23)10-9-13-6-4-8-15(20)19(13)21/h2-8,16H,9-11H2,1H3,(H,22,23)(H,24,25). The number of carbonyl (C=O) groups is 2. The van der Waals surface area contributed by atoms with Gasteiger partial charge in [-0.2, -0.15) is 0 Å². The zero-order valence-corrected chi connectivity index (χ0v) is 13.8. The molecule has 2 rings (SSSR count). The fraction of sp³-hybridized carbons (Fsp3) is 0.263. The third-order valence-corrected chi connectivity index (χ3v) is 3.93. The Bertz CT molecular complexity index is 777. The van der Waals surface area contributed by atoms with Crippen molar-refractivity contribution in [2.45, 2.75) is 32.2 Å². The van der Waals surface area contributed by atoms with Gasteiger partial charge in [-0.1, -0.05) is 36.4 Å². The van der Waals surface area contributed by atoms with Crippen molar-refractivity contribution in [3.8, 4) is 0 Å². The number of hydrogen-bond donors (Lipinski definition) is 2. The summed E-state index contributed by atoms with van der Waals surface area (Å²) >= 11 is 0. The largest absolute Gasteiger partial charge is 0.481 e. The quantitative estimate of drug-likeness (QED) is 0.805. The van der Waals surface area contributed by atoms with Crippen LogP contribution in [0.5, 0.6) is 0 Å². The molecule has 0 saturated heterocycles. The first-order valence-corrected chi connectivity index (χ1v) is 7.88. The zero-order chi connectivity index (χ0) is 18.4. The molecule has 6 heteroatoms. The van der Waals surface area contributed by atoms with E-state index in [0.29, 0.717) is 0 Å². The normalized spacial score (nSPS) is 11.8. The number of benzene rings is 2. The minimum Gasteiger partial charge on any atom is -0.481 e. The Labute approximate surface area is 144 Å². The van der Waals surface area contributed by atoms with E-state index in [1.165, 1.54) is 12.1 Å². The summed E-state index contributed by atoms with van der Waals surface area (Å²) in [6, 6.07) is 10.3. The highest BCUT2D eigenvalue weighted by atomic mass is 19.2. The van der Waals surface area contributed by atoms with E-state index in [1.54, 1.807) is 12.1 Å². The fourth-order valence-electron chi connectivity index (χ4n) is 2.65. The molecule has 132 valence electrons. The van der Waals surface area contributed by atoms with Crippen LogP contribution in [0.3, 0.4) is 0 Å². The molecule has 0 aromatic heterocycles. The molecule has 0 saturated carbocycles. The molecule has 1 amide bonds. The number of aryl methyl sites for hydroxylation is 2. The Kier molecular flexibility index (Phi) is 6.22. The van der Waals surface area contributed by atoms with Crippen LogP contribution >= 0.6 is 0 Å². The molecule has 0 aliphatic rings. The number of amides is 1. The Morgan fingerprint density at radius 3 is 2.52 bits per heavy atom. The summed E-state index contributed by atoms with van der Waals surface area (Å²) in [5, 5.41) is 11.8. The Balaban J connectivity index is 2.06. The van der Waals surface area contributed by atoms with Crippen LogP contribution in [0.2, 0.25) is 0 Å². The minimum absolute atomic E-state index is 0.0307. The maximum Gasteiger partial charge on any atom is 0.305 e. The third kappa shape index (κ3) is 5.11. The van der Waals surface area contributed by atoms with Crippen molar-refractivity contribution in [1.29, 1.82) is 0 Å². The van der Waals surface area contributed by atoms with E-state index in [4.69, 9.17) is 5.11 Å². The van der Waals surface area contributed by atoms with Crippen molar-refractivity contribution in [2.75, 3.05) is 0 Å². The highest BCUT2D eigenvalue weighted by Gasteiger charge is 2.20. The van der Waals surface area contributed by atoms with Crippen LogP contribution in [0.1, 0.15) is 35.6 Å². The van der Waals surface area contributed by atoms with Gasteiger partial charge in [0.2, 0.25) is 5.91 Å². The van der Waals surface area contributed by atoms with Gasteiger partial charge in [-0.3, -0.25) is 9.59 Å². The molecule has 2 aromatic rings. The van der Waals surface area contributed by atoms with E-state index >= 15 is 0 Å². The first kappa shape index (κ1) is 18.6. The Hall–Kier alpha value is -2.76. The van der Waals surface area contributed by atoms with Crippen molar-refractivity contribution < 1.29 is 23.5 Å². The maximum atomic E-state index is 13.6. The van der Waals surface area contributed by atoms with Gasteiger partial charge < -0.3 is 10.4 Å². The number of nitrogens with one attached hydrogen (secondary N) is 1. The molecule has 0 aliphatic heterocycles. The van der Waals surface area contributed by atoms with Crippen LogP contribution in [-0.4, -0.2) is 17.0 Å². The van der Waals surface area contributed by atoms with Crippen molar-refractivity contribution in [3.63, 3.8) is 0 Å². The number of carboxylic acid groups (broad SMARTS) is 1. The molecular formula is C19H19F2NO3. The van der Waals surface area contributed by atoms with Crippen LogP contribution in [0.25, 0.3) is 0 Å². The van der Waals surface area contributed by atoms with Crippen LogP contribution in [0.4, 0.5) is 8.78 Å². The predicted molar refractivity (Wildman–Crippen MR) is 89.0 cm³/mol. The average Bonchev–Trinajstić information content (AvgIpc) is 2.55. The van der Waals surface area contributed by atoms with Gasteiger partial charge >= 0.3 is 5.97 Å². The Morgan fingerprint density at radius 1 is 1.12 bits per heavy atom. The third-order valence-electron chi connectivity index (χ3n) is 3.93. The number of carboxylic acids is 1. The smallest absolute Gasteiger partial charge is 0.305 e. The molecular weight excluding hydrogens is 328 g/mol. The van der Waals surface area contributed by atoms with E-state index < -0.39 is 29.6 Å². The van der Waals surface area contributed by atoms with Gasteiger partial charge in [-0.15, -0.1) is 0 Å². The average molecular weight is 347 g/mol. The number of hydrogen-bond acceptors (Lipinski definition) is 2. The second-order valence-electron chi connectivity index (χ2n) is 5.79. The number of rotatable bonds is 7. The van der Waals surface area contributed by atoms with Gasteiger partial charge in [0.05, 0.1) is 12.5 Å². The highest BCUT2D eigenvalue weighted by molar-refractivity contribution is 5.78. The number of carbonyl (C=O) groups excluding carboxylic acids is 1. The second kappa shape index (κ2) is 8.37. The first-order valence-electron chi connectivity index (χ1n) is 7.88. The van der Waals surface area contributed by atoms with Gasteiger partial charge in [0.15, 0.2) is 11.6 Å². The zero-order valence-electron chi connectivity index (χ0n) is 13.8. The number of aliphatic carboxylic acids is 1. The molecule has 0 spiro atoms. The predicted octanol–water partition coefficient (Wildman–Crippen LogP) is 3.54. The van der Waals surface area contributed by atoms with Gasteiger partial charge in [0.25, 0.3) is 0 Å². The van der Waals surface area contributed by atoms with Crippen LogP contribution in [0, 0.1) is 18.6 Å². The van der Waals surface area contributed by atoms with E-state index in [-0.39, 0.29) is 24.8 Å². The molecule has 0 aliphatic carbocycles. The topological polar surface area (TPSA) is 66.4 Å². The first-order chi connectivity index (χ1) is 11.9. The summed E-state index contributed by atoms with van der Waals surface area (Å²) in [4.78, 5) is 23.3. The van der Waals surface area contributed by atoms with E-state index in [0.717, 1.165) is 17.2 Å². The molecule has 25 heavy (non-hydrogen) atoms. The molecule has 0 heterocycles. The van der Waals surface area contributed by atoms with Crippen molar-refractivity contribution >= 4 is 11.9 Å². The lowest BCUT2D eigenvalue weighted by Gasteiger charge is -2.19. The van der Waals surface area contributed by atoms with Crippen molar-refractivity contribution in [1.82, 2.24) is 5.32 Å². The lowest BCUT2D eigenvalue weighted by molar-refractivity contribution is -0.137. The van der Waals surface area contributed by atoms with E-state index in [1.807, 2.05) is 19.1 Å². The molecule has 0 bridgehead atoms. The molecule has 1 atom stereocenters. The fourth-order valence-corrected chi connectivity index (χ4v) is 2.65. The minimum atomic E-state index is -1.04. The highest BCUT2D eigenvalue weighted by Crippen LogP contribution is 2.21. The molecule has 0 fully saturated rings. The Morgan fingerprint density at radius 2 is 1.84 bits per heavy atom. The summed E-state index contributed by atoms with van der Waals surface area (Å²) in [6.45, 7) is 1.83. The summed E-state index contributed by atoms with van der Waals surface area (Å²) in [5.41, 5.74) is 1.70. The van der Waals surface area contributed by atoms with Crippen LogP contribution in [0.15, 0.2) is 42.5 Å². The SMILES string of the molecule is Cc1ccccc1C(CC(=O)O)NC(=O)CCc1cccc(F)c1F. The maximum absolute atomic E-state index is 13.6. The van der Waals surface area contributed by atoms with Crippen molar-refractivity contribution in [2.24, 2.45) is 0 Å². The molecule has 4 nitrogen and oxygen atoms in total. The lowest BCUT2D eigenvalue weighted by Crippen LogP contribution is -2.30. The van der Waals surface area contributed by atoms with Gasteiger partial charge in [-0.25, -0.2) is 8.78 Å². The van der Waals surface area contributed by atoms with Crippen molar-refractivity contribution in [3.05, 3.63) is 70.8 Å². The summed E-state index contributed by atoms with van der Waals surface area (Å²) in [5.74, 6) is -3.37. The monoisotopic (exact) mass is 347 g/mol. The second-order valence-corrected chi connectivity index (χ2v) is 5.79. The van der Waals surface area contributed by atoms with Gasteiger partial charge in [-0.05, 0) is 36.1 Å². The van der Waals surface area contributed by atoms with Gasteiger partial charge in [0.1, 0.15) is 0 Å².